The van der Waals surface area contributed by atoms with Gasteiger partial charge in [-0.2, -0.15) is 0 Å². The number of rotatable bonds is 10. The Morgan fingerprint density at radius 2 is 1.71 bits per heavy atom. The Labute approximate surface area is 146 Å². The Bertz CT molecular complexity index is 472. The van der Waals surface area contributed by atoms with Gasteiger partial charge in [-0.1, -0.05) is 13.8 Å². The molecule has 0 saturated heterocycles. The van der Waals surface area contributed by atoms with Crippen molar-refractivity contribution in [3.8, 4) is 5.75 Å². The molecule has 0 aromatic carbocycles. The van der Waals surface area contributed by atoms with Crippen LogP contribution in [0.15, 0.2) is 12.4 Å². The van der Waals surface area contributed by atoms with Gasteiger partial charge in [0, 0.05) is 33.0 Å². The SMILES string of the molecule is COC1CC(Oc2cnc(CC(C)CC(C)COC(C)C)nc2)C1. The number of methoxy groups -OCH3 is 1. The van der Waals surface area contributed by atoms with Crippen molar-refractivity contribution in [3.63, 3.8) is 0 Å². The number of hydrogen-bond donors (Lipinski definition) is 0. The summed E-state index contributed by atoms with van der Waals surface area (Å²) in [6.45, 7) is 9.46. The topological polar surface area (TPSA) is 53.5 Å². The van der Waals surface area contributed by atoms with Crippen LogP contribution in [0.2, 0.25) is 0 Å². The molecule has 1 aliphatic rings. The summed E-state index contributed by atoms with van der Waals surface area (Å²) in [5, 5.41) is 0. The lowest BCUT2D eigenvalue weighted by molar-refractivity contribution is -0.0383. The molecule has 0 aliphatic heterocycles. The molecule has 0 spiro atoms. The fraction of sp³-hybridized carbons (Fsp3) is 0.789. The van der Waals surface area contributed by atoms with Crippen LogP contribution in [0.3, 0.4) is 0 Å². The summed E-state index contributed by atoms with van der Waals surface area (Å²) in [4.78, 5) is 8.90. The molecule has 5 heteroatoms. The summed E-state index contributed by atoms with van der Waals surface area (Å²) in [5.74, 6) is 2.73. The molecule has 1 aromatic rings. The third-order valence-electron chi connectivity index (χ3n) is 4.42. The zero-order valence-electron chi connectivity index (χ0n) is 15.7. The molecule has 24 heavy (non-hydrogen) atoms. The second-order valence-corrected chi connectivity index (χ2v) is 7.44. The molecule has 2 atom stereocenters. The molecule has 0 N–H and O–H groups in total. The van der Waals surface area contributed by atoms with E-state index in [9.17, 15) is 0 Å². The zero-order chi connectivity index (χ0) is 17.5. The summed E-state index contributed by atoms with van der Waals surface area (Å²) in [5.41, 5.74) is 0. The highest BCUT2D eigenvalue weighted by atomic mass is 16.5. The van der Waals surface area contributed by atoms with Gasteiger partial charge in [0.05, 0.1) is 24.6 Å². The van der Waals surface area contributed by atoms with Crippen molar-refractivity contribution < 1.29 is 14.2 Å². The maximum absolute atomic E-state index is 5.84. The summed E-state index contributed by atoms with van der Waals surface area (Å²) < 4.78 is 16.8. The monoisotopic (exact) mass is 336 g/mol. The molecule has 1 fully saturated rings. The average molecular weight is 336 g/mol. The van der Waals surface area contributed by atoms with Crippen LogP contribution in [0.25, 0.3) is 0 Å². The quantitative estimate of drug-likeness (QED) is 0.652. The van der Waals surface area contributed by atoms with E-state index in [4.69, 9.17) is 14.2 Å². The van der Waals surface area contributed by atoms with Gasteiger partial charge in [0.25, 0.3) is 0 Å². The van der Waals surface area contributed by atoms with Gasteiger partial charge in [-0.3, -0.25) is 0 Å². The van der Waals surface area contributed by atoms with Gasteiger partial charge in [-0.25, -0.2) is 9.97 Å². The predicted molar refractivity (Wildman–Crippen MR) is 94.2 cm³/mol. The second kappa shape index (κ2) is 9.33. The highest BCUT2D eigenvalue weighted by Gasteiger charge is 2.30. The fourth-order valence-corrected chi connectivity index (χ4v) is 3.01. The Morgan fingerprint density at radius 1 is 1.04 bits per heavy atom. The molecule has 0 radical (unpaired) electrons. The molecular weight excluding hydrogens is 304 g/mol. The molecule has 0 amide bonds. The minimum absolute atomic E-state index is 0.241. The molecule has 5 nitrogen and oxygen atoms in total. The van der Waals surface area contributed by atoms with Crippen LogP contribution in [0, 0.1) is 11.8 Å². The molecule has 1 saturated carbocycles. The summed E-state index contributed by atoms with van der Waals surface area (Å²) in [6.07, 6.45) is 8.38. The Hall–Kier alpha value is -1.20. The Balaban J connectivity index is 1.70. The Morgan fingerprint density at radius 3 is 2.29 bits per heavy atom. The summed E-state index contributed by atoms with van der Waals surface area (Å²) >= 11 is 0. The first-order chi connectivity index (χ1) is 11.5. The molecular formula is C19H32N2O3. The van der Waals surface area contributed by atoms with Crippen LogP contribution < -0.4 is 4.74 Å². The lowest BCUT2D eigenvalue weighted by Crippen LogP contribution is -2.38. The molecule has 2 rings (SSSR count). The summed E-state index contributed by atoms with van der Waals surface area (Å²) in [6, 6.07) is 0. The first kappa shape index (κ1) is 19.1. The second-order valence-electron chi connectivity index (χ2n) is 7.44. The lowest BCUT2D eigenvalue weighted by Gasteiger charge is -2.33. The van der Waals surface area contributed by atoms with E-state index in [1.54, 1.807) is 19.5 Å². The van der Waals surface area contributed by atoms with Crippen molar-refractivity contribution in [2.75, 3.05) is 13.7 Å². The highest BCUT2D eigenvalue weighted by molar-refractivity contribution is 5.13. The largest absolute Gasteiger partial charge is 0.487 e. The molecule has 136 valence electrons. The minimum Gasteiger partial charge on any atom is -0.487 e. The number of hydrogen-bond acceptors (Lipinski definition) is 5. The fourth-order valence-electron chi connectivity index (χ4n) is 3.01. The van der Waals surface area contributed by atoms with Gasteiger partial charge in [-0.05, 0) is 32.1 Å². The van der Waals surface area contributed by atoms with Gasteiger partial charge < -0.3 is 14.2 Å². The van der Waals surface area contributed by atoms with Crippen LogP contribution in [0.1, 0.15) is 52.8 Å². The van der Waals surface area contributed by atoms with Crippen molar-refractivity contribution >= 4 is 0 Å². The van der Waals surface area contributed by atoms with E-state index in [0.29, 0.717) is 24.0 Å². The predicted octanol–water partition coefficient (Wildman–Crippen LogP) is 3.66. The summed E-state index contributed by atoms with van der Waals surface area (Å²) in [7, 11) is 1.75. The first-order valence-corrected chi connectivity index (χ1v) is 9.08. The number of ether oxygens (including phenoxy) is 3. The Kier molecular flexibility index (Phi) is 7.43. The van der Waals surface area contributed by atoms with Gasteiger partial charge >= 0.3 is 0 Å². The van der Waals surface area contributed by atoms with Crippen LogP contribution in [-0.2, 0) is 15.9 Å². The van der Waals surface area contributed by atoms with E-state index in [1.807, 2.05) is 0 Å². The average Bonchev–Trinajstić information content (AvgIpc) is 2.50. The van der Waals surface area contributed by atoms with Crippen molar-refractivity contribution in [1.29, 1.82) is 0 Å². The van der Waals surface area contributed by atoms with Crippen molar-refractivity contribution in [3.05, 3.63) is 18.2 Å². The number of aromatic nitrogens is 2. The maximum Gasteiger partial charge on any atom is 0.156 e. The van der Waals surface area contributed by atoms with E-state index in [-0.39, 0.29) is 6.10 Å². The minimum atomic E-state index is 0.241. The van der Waals surface area contributed by atoms with Gasteiger partial charge in [0.1, 0.15) is 11.9 Å². The molecule has 1 aliphatic carbocycles. The molecule has 2 unspecified atom stereocenters. The van der Waals surface area contributed by atoms with Crippen LogP contribution in [-0.4, -0.2) is 42.0 Å². The molecule has 0 bridgehead atoms. The standard InChI is InChI=1S/C19H32N2O3/c1-13(2)23-12-15(4)6-14(3)7-19-20-10-18(11-21-19)24-17-8-16(9-17)22-5/h10-11,13-17H,6-9,12H2,1-5H3. The van der Waals surface area contributed by atoms with Crippen LogP contribution in [0.4, 0.5) is 0 Å². The van der Waals surface area contributed by atoms with Crippen molar-refractivity contribution in [2.24, 2.45) is 11.8 Å². The first-order valence-electron chi connectivity index (χ1n) is 9.08. The molecule has 1 aromatic heterocycles. The van der Waals surface area contributed by atoms with Gasteiger partial charge in [-0.15, -0.1) is 0 Å². The zero-order valence-corrected chi connectivity index (χ0v) is 15.7. The smallest absolute Gasteiger partial charge is 0.156 e. The van der Waals surface area contributed by atoms with Gasteiger partial charge in [0.15, 0.2) is 5.75 Å². The normalized spacial score (nSPS) is 22.9. The van der Waals surface area contributed by atoms with Crippen LogP contribution >= 0.6 is 0 Å². The highest BCUT2D eigenvalue weighted by Crippen LogP contribution is 2.27. The maximum atomic E-state index is 5.84. The van der Waals surface area contributed by atoms with Crippen molar-refractivity contribution in [1.82, 2.24) is 9.97 Å². The molecule has 1 heterocycles. The van der Waals surface area contributed by atoms with Gasteiger partial charge in [0.2, 0.25) is 0 Å². The third-order valence-corrected chi connectivity index (χ3v) is 4.42. The van der Waals surface area contributed by atoms with E-state index in [2.05, 4.69) is 37.7 Å². The van der Waals surface area contributed by atoms with E-state index in [0.717, 1.165) is 43.9 Å². The lowest BCUT2D eigenvalue weighted by atomic mass is 9.92. The van der Waals surface area contributed by atoms with Crippen LogP contribution in [0.5, 0.6) is 5.75 Å². The van der Waals surface area contributed by atoms with Crippen molar-refractivity contribution in [2.45, 2.75) is 71.7 Å². The van der Waals surface area contributed by atoms with E-state index < -0.39 is 0 Å². The number of nitrogens with zero attached hydrogens (tertiary/aromatic N) is 2. The van der Waals surface area contributed by atoms with E-state index in [1.165, 1.54) is 0 Å². The third kappa shape index (κ3) is 6.36. The van der Waals surface area contributed by atoms with E-state index >= 15 is 0 Å².